The van der Waals surface area contributed by atoms with Crippen molar-refractivity contribution in [1.29, 1.82) is 5.26 Å². The monoisotopic (exact) mass is 257 g/mol. The van der Waals surface area contributed by atoms with Gasteiger partial charge >= 0.3 is 0 Å². The molecule has 0 saturated heterocycles. The molecule has 0 spiro atoms. The van der Waals surface area contributed by atoms with Gasteiger partial charge < -0.3 is 4.74 Å². The molecule has 2 nitrogen and oxygen atoms in total. The second kappa shape index (κ2) is 4.43. The summed E-state index contributed by atoms with van der Waals surface area (Å²) < 4.78 is 18.9. The van der Waals surface area contributed by atoms with E-state index in [-0.39, 0.29) is 0 Å². The van der Waals surface area contributed by atoms with Gasteiger partial charge in [0.15, 0.2) is 0 Å². The van der Waals surface area contributed by atoms with E-state index < -0.39 is 11.7 Å². The third kappa shape index (κ3) is 1.88. The van der Waals surface area contributed by atoms with Crippen LogP contribution in [0.1, 0.15) is 18.4 Å². The number of ether oxygens (including phenoxy) is 1. The Hall–Kier alpha value is -1.08. The van der Waals surface area contributed by atoms with E-state index in [0.29, 0.717) is 15.8 Å². The minimum Gasteiger partial charge on any atom is -0.496 e. The summed E-state index contributed by atoms with van der Waals surface area (Å²) in [7, 11) is 1.50. The molecular weight excluding hydrogens is 249 g/mol. The number of nitrogens with zero attached hydrogens (tertiary/aromatic N) is 1. The molecule has 1 rings (SSSR count). The minimum atomic E-state index is -0.500. The fourth-order valence-corrected chi connectivity index (χ4v) is 2.00. The zero-order valence-corrected chi connectivity index (χ0v) is 9.43. The van der Waals surface area contributed by atoms with Crippen LogP contribution in [-0.2, 0) is 0 Å². The lowest BCUT2D eigenvalue weighted by atomic mass is 10.0. The van der Waals surface area contributed by atoms with Crippen LogP contribution >= 0.6 is 15.9 Å². The van der Waals surface area contributed by atoms with Gasteiger partial charge in [-0.2, -0.15) is 5.26 Å². The molecule has 1 unspecified atom stereocenters. The molecule has 0 fully saturated rings. The summed E-state index contributed by atoms with van der Waals surface area (Å²) >= 11 is 3.22. The summed E-state index contributed by atoms with van der Waals surface area (Å²) in [5, 5.41) is 8.72. The highest BCUT2D eigenvalue weighted by Gasteiger charge is 2.17. The Kier molecular flexibility index (Phi) is 3.48. The maximum absolute atomic E-state index is 13.4. The van der Waals surface area contributed by atoms with Crippen LogP contribution in [0.25, 0.3) is 0 Å². The lowest BCUT2D eigenvalue weighted by Gasteiger charge is -2.11. The van der Waals surface area contributed by atoms with Crippen molar-refractivity contribution >= 4 is 15.9 Å². The van der Waals surface area contributed by atoms with Gasteiger partial charge in [-0.05, 0) is 35.0 Å². The maximum Gasteiger partial charge on any atom is 0.133 e. The quantitative estimate of drug-likeness (QED) is 0.815. The first-order valence-electron chi connectivity index (χ1n) is 4.03. The summed E-state index contributed by atoms with van der Waals surface area (Å²) in [6, 6.07) is 4.81. The van der Waals surface area contributed by atoms with Crippen molar-refractivity contribution in [2.75, 3.05) is 7.11 Å². The van der Waals surface area contributed by atoms with E-state index in [0.717, 1.165) is 0 Å². The van der Waals surface area contributed by atoms with E-state index in [1.807, 2.05) is 6.07 Å². The average molecular weight is 258 g/mol. The molecule has 1 aromatic carbocycles. The summed E-state index contributed by atoms with van der Waals surface area (Å²) in [6.45, 7) is 1.64. The first-order valence-corrected chi connectivity index (χ1v) is 4.82. The van der Waals surface area contributed by atoms with Crippen LogP contribution in [0.3, 0.4) is 0 Å². The van der Waals surface area contributed by atoms with Gasteiger partial charge in [0.25, 0.3) is 0 Å². The lowest BCUT2D eigenvalue weighted by Crippen LogP contribution is -1.98. The molecule has 0 bridgehead atoms. The molecule has 4 heteroatoms. The standard InChI is InChI=1S/C10H9BrFNO/c1-6(5-13)9-7(12)3-4-8(14-2)10(9)11/h3-4,6H,1-2H3. The number of halogens is 2. The molecular formula is C10H9BrFNO. The topological polar surface area (TPSA) is 33.0 Å². The number of methoxy groups -OCH3 is 1. The zero-order chi connectivity index (χ0) is 10.7. The molecule has 0 N–H and O–H groups in total. The van der Waals surface area contributed by atoms with E-state index in [1.54, 1.807) is 6.92 Å². The van der Waals surface area contributed by atoms with Crippen molar-refractivity contribution in [1.82, 2.24) is 0 Å². The minimum absolute atomic E-state index is 0.340. The van der Waals surface area contributed by atoms with E-state index in [1.165, 1.54) is 19.2 Å². The van der Waals surface area contributed by atoms with Crippen LogP contribution in [0.5, 0.6) is 5.75 Å². The number of rotatable bonds is 2. The Morgan fingerprint density at radius 2 is 2.21 bits per heavy atom. The highest BCUT2D eigenvalue weighted by molar-refractivity contribution is 9.10. The van der Waals surface area contributed by atoms with Crippen molar-refractivity contribution < 1.29 is 9.13 Å². The number of hydrogen-bond acceptors (Lipinski definition) is 2. The number of nitriles is 1. The molecule has 0 aliphatic carbocycles. The van der Waals surface area contributed by atoms with E-state index in [9.17, 15) is 4.39 Å². The third-order valence-electron chi connectivity index (χ3n) is 1.94. The predicted molar refractivity (Wildman–Crippen MR) is 54.7 cm³/mol. The van der Waals surface area contributed by atoms with Crippen LogP contribution < -0.4 is 4.74 Å². The van der Waals surface area contributed by atoms with Gasteiger partial charge in [0.1, 0.15) is 11.6 Å². The largest absolute Gasteiger partial charge is 0.496 e. The van der Waals surface area contributed by atoms with Crippen LogP contribution in [-0.4, -0.2) is 7.11 Å². The maximum atomic E-state index is 13.4. The molecule has 0 aromatic heterocycles. The van der Waals surface area contributed by atoms with E-state index in [4.69, 9.17) is 10.00 Å². The average Bonchev–Trinajstić information content (AvgIpc) is 2.18. The summed E-state index contributed by atoms with van der Waals surface area (Å²) in [4.78, 5) is 0. The molecule has 14 heavy (non-hydrogen) atoms. The fraction of sp³-hybridized carbons (Fsp3) is 0.300. The van der Waals surface area contributed by atoms with Crippen molar-refractivity contribution in [2.24, 2.45) is 0 Å². The summed E-state index contributed by atoms with van der Waals surface area (Å²) in [5.74, 6) is -0.366. The van der Waals surface area contributed by atoms with E-state index in [2.05, 4.69) is 15.9 Å². The Balaban J connectivity index is 3.34. The first-order chi connectivity index (χ1) is 6.61. The lowest BCUT2D eigenvalue weighted by molar-refractivity contribution is 0.409. The zero-order valence-electron chi connectivity index (χ0n) is 7.84. The van der Waals surface area contributed by atoms with Crippen LogP contribution in [0.2, 0.25) is 0 Å². The van der Waals surface area contributed by atoms with E-state index >= 15 is 0 Å². The molecule has 0 aliphatic rings. The van der Waals surface area contributed by atoms with Crippen LogP contribution in [0.4, 0.5) is 4.39 Å². The second-order valence-corrected chi connectivity index (χ2v) is 3.62. The van der Waals surface area contributed by atoms with Gasteiger partial charge in [0, 0.05) is 5.56 Å². The van der Waals surface area contributed by atoms with Gasteiger partial charge in [0.2, 0.25) is 0 Å². The Morgan fingerprint density at radius 3 is 2.71 bits per heavy atom. The Morgan fingerprint density at radius 1 is 1.57 bits per heavy atom. The molecule has 74 valence electrons. The van der Waals surface area contributed by atoms with Crippen molar-refractivity contribution in [3.63, 3.8) is 0 Å². The first kappa shape index (κ1) is 11.0. The van der Waals surface area contributed by atoms with Crippen molar-refractivity contribution in [3.8, 4) is 11.8 Å². The van der Waals surface area contributed by atoms with Crippen LogP contribution in [0, 0.1) is 17.1 Å². The highest BCUT2D eigenvalue weighted by atomic mass is 79.9. The normalized spacial score (nSPS) is 11.9. The summed E-state index contributed by atoms with van der Waals surface area (Å²) in [5.41, 5.74) is 0.340. The van der Waals surface area contributed by atoms with Gasteiger partial charge in [-0.15, -0.1) is 0 Å². The second-order valence-electron chi connectivity index (χ2n) is 2.83. The number of hydrogen-bond donors (Lipinski definition) is 0. The molecule has 0 amide bonds. The fourth-order valence-electron chi connectivity index (χ4n) is 1.17. The Bertz CT molecular complexity index is 386. The predicted octanol–water partition coefficient (Wildman–Crippen LogP) is 3.22. The van der Waals surface area contributed by atoms with Gasteiger partial charge in [0.05, 0.1) is 23.6 Å². The third-order valence-corrected chi connectivity index (χ3v) is 2.76. The molecule has 0 heterocycles. The van der Waals surface area contributed by atoms with Gasteiger partial charge in [-0.1, -0.05) is 0 Å². The molecule has 0 radical (unpaired) electrons. The Labute approximate surface area is 90.4 Å². The van der Waals surface area contributed by atoms with Crippen molar-refractivity contribution in [2.45, 2.75) is 12.8 Å². The van der Waals surface area contributed by atoms with Gasteiger partial charge in [-0.3, -0.25) is 0 Å². The molecule has 1 aromatic rings. The summed E-state index contributed by atoms with van der Waals surface area (Å²) in [6.07, 6.45) is 0. The SMILES string of the molecule is COc1ccc(F)c(C(C)C#N)c1Br. The van der Waals surface area contributed by atoms with Crippen molar-refractivity contribution in [3.05, 3.63) is 28.0 Å². The number of benzene rings is 1. The highest BCUT2D eigenvalue weighted by Crippen LogP contribution is 2.34. The van der Waals surface area contributed by atoms with Gasteiger partial charge in [-0.25, -0.2) is 4.39 Å². The van der Waals surface area contributed by atoms with Crippen LogP contribution in [0.15, 0.2) is 16.6 Å². The smallest absolute Gasteiger partial charge is 0.133 e. The molecule has 1 atom stereocenters. The molecule has 0 aliphatic heterocycles. The molecule has 0 saturated carbocycles.